The van der Waals surface area contributed by atoms with Crippen molar-refractivity contribution in [3.63, 3.8) is 0 Å². The van der Waals surface area contributed by atoms with Crippen molar-refractivity contribution in [2.24, 2.45) is 5.92 Å². The molecule has 5 heterocycles. The third-order valence-corrected chi connectivity index (χ3v) is 7.30. The molecule has 6 rings (SSSR count). The molecule has 9 nitrogen and oxygen atoms in total. The van der Waals surface area contributed by atoms with E-state index in [9.17, 15) is 9.59 Å². The monoisotopic (exact) mass is 454 g/mol. The molecule has 1 aliphatic carbocycles. The van der Waals surface area contributed by atoms with Crippen molar-refractivity contribution in [3.8, 4) is 0 Å². The van der Waals surface area contributed by atoms with Gasteiger partial charge in [0.25, 0.3) is 17.9 Å². The molecule has 2 atom stereocenters. The van der Waals surface area contributed by atoms with Gasteiger partial charge >= 0.3 is 0 Å². The summed E-state index contributed by atoms with van der Waals surface area (Å²) in [5.74, 6) is 1.29. The van der Waals surface area contributed by atoms with Crippen LogP contribution < -0.4 is 5.56 Å². The first-order chi connectivity index (χ1) is 16.1. The minimum Gasteiger partial charge on any atom is -0.483 e. The van der Waals surface area contributed by atoms with Crippen molar-refractivity contribution in [2.75, 3.05) is 26.2 Å². The number of likely N-dealkylation sites (tertiary alicyclic amines) is 2. The predicted octanol–water partition coefficient (Wildman–Crippen LogP) is 2.27. The Bertz CT molecular complexity index is 1080. The fraction of sp³-hybridized carbons (Fsp3) is 0.583. The molecule has 0 aromatic carbocycles. The number of rotatable bonds is 4. The minimum atomic E-state index is -0.250. The number of pyridine rings is 1. The van der Waals surface area contributed by atoms with E-state index in [4.69, 9.17) is 14.4 Å². The summed E-state index contributed by atoms with van der Waals surface area (Å²) >= 11 is 0. The quantitative estimate of drug-likeness (QED) is 0.706. The highest BCUT2D eigenvalue weighted by atomic mass is 16.5. The van der Waals surface area contributed by atoms with Crippen LogP contribution >= 0.6 is 0 Å². The van der Waals surface area contributed by atoms with Crippen LogP contribution in [0.25, 0.3) is 0 Å². The standard InChI is InChI=1S/C23H28N4O3.CH2O2/c28-22-17(13-25-7-1-2-8-25)5-6-20-18-9-15(12-27(20)22)11-26(14-18)23(29)21-10-19(24-30-21)16-3-4-16;2-1-3/h5-6,10,15-16,18H,1-4,7-9,11-14H2;1H,(H,2,3)/t15-,18+;/m0./s1. The van der Waals surface area contributed by atoms with Crippen molar-refractivity contribution < 1.29 is 19.2 Å². The van der Waals surface area contributed by atoms with Gasteiger partial charge in [-0.25, -0.2) is 0 Å². The molecule has 2 saturated heterocycles. The number of carboxylic acid groups (broad SMARTS) is 1. The smallest absolute Gasteiger partial charge is 0.292 e. The Balaban J connectivity index is 0.000000724. The summed E-state index contributed by atoms with van der Waals surface area (Å²) in [6.45, 7) is 4.71. The van der Waals surface area contributed by atoms with E-state index in [1.807, 2.05) is 21.6 Å². The highest BCUT2D eigenvalue weighted by Gasteiger charge is 2.38. The maximum atomic E-state index is 13.2. The lowest BCUT2D eigenvalue weighted by Gasteiger charge is -2.42. The summed E-state index contributed by atoms with van der Waals surface area (Å²) in [6.07, 6.45) is 5.78. The molecular weight excluding hydrogens is 424 g/mol. The Morgan fingerprint density at radius 2 is 1.91 bits per heavy atom. The molecule has 1 amide bonds. The molecule has 1 N–H and O–H groups in total. The summed E-state index contributed by atoms with van der Waals surface area (Å²) < 4.78 is 7.36. The number of hydrogen-bond acceptors (Lipinski definition) is 6. The molecule has 3 aliphatic heterocycles. The molecule has 4 aliphatic rings. The normalized spacial score (nSPS) is 24.1. The third kappa shape index (κ3) is 4.46. The van der Waals surface area contributed by atoms with Gasteiger partial charge in [-0.15, -0.1) is 0 Å². The molecule has 1 saturated carbocycles. The molecule has 0 spiro atoms. The zero-order valence-electron chi connectivity index (χ0n) is 18.7. The van der Waals surface area contributed by atoms with Gasteiger partial charge in [-0.1, -0.05) is 11.2 Å². The maximum Gasteiger partial charge on any atom is 0.292 e. The topological polar surface area (TPSA) is 109 Å². The van der Waals surface area contributed by atoms with Gasteiger partial charge in [-0.2, -0.15) is 0 Å². The average Bonchev–Trinajstić information content (AvgIpc) is 3.31. The summed E-state index contributed by atoms with van der Waals surface area (Å²) in [4.78, 5) is 38.8. The van der Waals surface area contributed by atoms with Gasteiger partial charge in [0, 0.05) is 55.3 Å². The van der Waals surface area contributed by atoms with Crippen LogP contribution in [0.1, 0.15) is 71.4 Å². The molecule has 0 radical (unpaired) electrons. The van der Waals surface area contributed by atoms with E-state index < -0.39 is 0 Å². The van der Waals surface area contributed by atoms with E-state index in [0.29, 0.717) is 37.2 Å². The molecule has 33 heavy (non-hydrogen) atoms. The molecule has 2 aromatic rings. The van der Waals surface area contributed by atoms with Crippen molar-refractivity contribution >= 4 is 12.4 Å². The number of carbonyl (C=O) groups excluding carboxylic acids is 1. The SMILES string of the molecule is O=C(c1cc(C2CC2)no1)N1C[C@@H]2C[C@H](C1)c1ccc(CN3CCCC3)c(=O)n1C2.O=CO. The predicted molar refractivity (Wildman–Crippen MR) is 119 cm³/mol. The number of hydrogen-bond donors (Lipinski definition) is 1. The van der Waals surface area contributed by atoms with Crippen molar-refractivity contribution in [3.05, 3.63) is 51.3 Å². The van der Waals surface area contributed by atoms with E-state index in [2.05, 4.69) is 16.1 Å². The second-order valence-corrected chi connectivity index (χ2v) is 9.69. The number of piperidine rings is 1. The second-order valence-electron chi connectivity index (χ2n) is 9.69. The Hall–Kier alpha value is -2.94. The summed E-state index contributed by atoms with van der Waals surface area (Å²) in [7, 11) is 0. The van der Waals surface area contributed by atoms with E-state index in [-0.39, 0.29) is 23.9 Å². The summed E-state index contributed by atoms with van der Waals surface area (Å²) in [5.41, 5.74) is 3.06. The lowest BCUT2D eigenvalue weighted by Crippen LogP contribution is -2.49. The van der Waals surface area contributed by atoms with Gasteiger partial charge in [-0.3, -0.25) is 19.3 Å². The molecule has 176 valence electrons. The van der Waals surface area contributed by atoms with Crippen LogP contribution in [0.15, 0.2) is 27.5 Å². The van der Waals surface area contributed by atoms with Gasteiger partial charge in [0.15, 0.2) is 0 Å². The Labute approximate surface area is 192 Å². The number of amides is 1. The molecule has 3 fully saturated rings. The van der Waals surface area contributed by atoms with E-state index in [1.54, 1.807) is 0 Å². The van der Waals surface area contributed by atoms with Crippen molar-refractivity contribution in [1.29, 1.82) is 0 Å². The zero-order chi connectivity index (χ0) is 22.9. The maximum absolute atomic E-state index is 13.2. The first kappa shape index (κ1) is 21.9. The number of fused-ring (bicyclic) bond motifs is 4. The lowest BCUT2D eigenvalue weighted by molar-refractivity contribution is -0.122. The number of carbonyl (C=O) groups is 2. The van der Waals surface area contributed by atoms with E-state index in [1.165, 1.54) is 12.8 Å². The van der Waals surface area contributed by atoms with E-state index >= 15 is 0 Å². The van der Waals surface area contributed by atoms with Gasteiger partial charge < -0.3 is 19.1 Å². The fourth-order valence-electron chi connectivity index (χ4n) is 5.58. The first-order valence-electron chi connectivity index (χ1n) is 11.9. The Kier molecular flexibility index (Phi) is 6.05. The number of nitrogens with zero attached hydrogens (tertiary/aromatic N) is 4. The van der Waals surface area contributed by atoms with Crippen LogP contribution in [0.5, 0.6) is 0 Å². The summed E-state index contributed by atoms with van der Waals surface area (Å²) in [5, 5.41) is 11.0. The molecule has 0 unspecified atom stereocenters. The molecule has 2 bridgehead atoms. The minimum absolute atomic E-state index is 0.0643. The Morgan fingerprint density at radius 1 is 1.15 bits per heavy atom. The van der Waals surface area contributed by atoms with Crippen LogP contribution in [0, 0.1) is 5.92 Å². The highest BCUT2D eigenvalue weighted by Crippen LogP contribution is 2.40. The first-order valence-corrected chi connectivity index (χ1v) is 11.9. The van der Waals surface area contributed by atoms with Crippen LogP contribution in [0.3, 0.4) is 0 Å². The van der Waals surface area contributed by atoms with Crippen LogP contribution in [-0.4, -0.2) is 63.2 Å². The lowest BCUT2D eigenvalue weighted by atomic mass is 9.83. The van der Waals surface area contributed by atoms with Gasteiger partial charge in [0.1, 0.15) is 0 Å². The molecule has 9 heteroatoms. The van der Waals surface area contributed by atoms with E-state index in [0.717, 1.165) is 55.8 Å². The van der Waals surface area contributed by atoms with Crippen molar-refractivity contribution in [2.45, 2.75) is 57.0 Å². The van der Waals surface area contributed by atoms with Crippen LogP contribution in [0.2, 0.25) is 0 Å². The second kappa shape index (κ2) is 9.13. The average molecular weight is 455 g/mol. The van der Waals surface area contributed by atoms with Crippen molar-refractivity contribution in [1.82, 2.24) is 19.5 Å². The van der Waals surface area contributed by atoms with Gasteiger partial charge in [0.05, 0.1) is 5.69 Å². The Morgan fingerprint density at radius 3 is 2.64 bits per heavy atom. The summed E-state index contributed by atoms with van der Waals surface area (Å²) in [6, 6.07) is 5.97. The highest BCUT2D eigenvalue weighted by molar-refractivity contribution is 5.91. The number of aromatic nitrogens is 2. The fourth-order valence-corrected chi connectivity index (χ4v) is 5.58. The molecule has 2 aromatic heterocycles. The largest absolute Gasteiger partial charge is 0.483 e. The molecular formula is C24H30N4O5. The zero-order valence-corrected chi connectivity index (χ0v) is 18.7. The van der Waals surface area contributed by atoms with Crippen LogP contribution in [-0.2, 0) is 17.9 Å². The van der Waals surface area contributed by atoms with Gasteiger partial charge in [-0.05, 0) is 57.2 Å². The third-order valence-electron chi connectivity index (χ3n) is 7.30. The van der Waals surface area contributed by atoms with Gasteiger partial charge in [0.2, 0.25) is 5.76 Å². The van der Waals surface area contributed by atoms with Crippen LogP contribution in [0.4, 0.5) is 0 Å².